The lowest BCUT2D eigenvalue weighted by Gasteiger charge is -2.31. The zero-order chi connectivity index (χ0) is 17.4. The van der Waals surface area contributed by atoms with Gasteiger partial charge in [-0.2, -0.15) is 0 Å². The van der Waals surface area contributed by atoms with Crippen molar-refractivity contribution in [1.82, 2.24) is 0 Å². The molecule has 0 aliphatic carbocycles. The first-order chi connectivity index (χ1) is 12.1. The molecular weight excluding hydrogens is 319 g/mol. The van der Waals surface area contributed by atoms with Crippen LogP contribution in [0, 0.1) is 11.7 Å². The number of hydrogen-bond donors (Lipinski definition) is 0. The summed E-state index contributed by atoms with van der Waals surface area (Å²) >= 11 is 0. The van der Waals surface area contributed by atoms with Crippen molar-refractivity contribution in [3.63, 3.8) is 0 Å². The maximum Gasteiger partial charge on any atom is 0.232 e. The SMILES string of the molecule is O=C1C[C@H](C(=O)N2CCCc3ccccc32)CN1c1ccccc1F. The Morgan fingerprint density at radius 3 is 2.56 bits per heavy atom. The normalized spacial score (nSPS) is 19.9. The second kappa shape index (κ2) is 6.31. The Kier molecular flexibility index (Phi) is 3.99. The summed E-state index contributed by atoms with van der Waals surface area (Å²) in [6.07, 6.45) is 2.01. The monoisotopic (exact) mass is 338 g/mol. The second-order valence-electron chi connectivity index (χ2n) is 6.58. The highest BCUT2D eigenvalue weighted by Gasteiger charge is 2.39. The predicted octanol–water partition coefficient (Wildman–Crippen LogP) is 3.16. The van der Waals surface area contributed by atoms with Crippen molar-refractivity contribution in [2.24, 2.45) is 5.92 Å². The van der Waals surface area contributed by atoms with Gasteiger partial charge in [0, 0.05) is 25.2 Å². The largest absolute Gasteiger partial charge is 0.312 e. The molecule has 0 spiro atoms. The van der Waals surface area contributed by atoms with Crippen LogP contribution in [0.25, 0.3) is 0 Å². The number of halogens is 1. The molecule has 4 rings (SSSR count). The Hall–Kier alpha value is -2.69. The lowest BCUT2D eigenvalue weighted by molar-refractivity contribution is -0.124. The lowest BCUT2D eigenvalue weighted by atomic mass is 9.99. The molecule has 1 fully saturated rings. The van der Waals surface area contributed by atoms with E-state index in [9.17, 15) is 14.0 Å². The number of rotatable bonds is 2. The average Bonchev–Trinajstić information content (AvgIpc) is 3.02. The fourth-order valence-corrected chi connectivity index (χ4v) is 3.76. The van der Waals surface area contributed by atoms with Crippen molar-refractivity contribution in [3.05, 3.63) is 59.9 Å². The highest BCUT2D eigenvalue weighted by atomic mass is 19.1. The fourth-order valence-electron chi connectivity index (χ4n) is 3.76. The van der Waals surface area contributed by atoms with Crippen molar-refractivity contribution in [2.45, 2.75) is 19.3 Å². The second-order valence-corrected chi connectivity index (χ2v) is 6.58. The van der Waals surface area contributed by atoms with Gasteiger partial charge in [0.25, 0.3) is 0 Å². The van der Waals surface area contributed by atoms with Crippen LogP contribution in [0.3, 0.4) is 0 Å². The van der Waals surface area contributed by atoms with Gasteiger partial charge in [-0.15, -0.1) is 0 Å². The summed E-state index contributed by atoms with van der Waals surface area (Å²) in [7, 11) is 0. The predicted molar refractivity (Wildman–Crippen MR) is 94.0 cm³/mol. The maximum absolute atomic E-state index is 14.0. The first kappa shape index (κ1) is 15.8. The minimum absolute atomic E-state index is 0.0423. The summed E-state index contributed by atoms with van der Waals surface area (Å²) in [5.74, 6) is -1.11. The van der Waals surface area contributed by atoms with Crippen LogP contribution in [0.15, 0.2) is 48.5 Å². The zero-order valence-electron chi connectivity index (χ0n) is 13.8. The molecule has 2 heterocycles. The number of hydrogen-bond acceptors (Lipinski definition) is 2. The molecule has 5 heteroatoms. The van der Waals surface area contributed by atoms with Gasteiger partial charge in [0.2, 0.25) is 11.8 Å². The highest BCUT2D eigenvalue weighted by molar-refractivity contribution is 6.04. The minimum atomic E-state index is -0.438. The van der Waals surface area contributed by atoms with Gasteiger partial charge in [-0.25, -0.2) is 4.39 Å². The molecule has 0 N–H and O–H groups in total. The third-order valence-corrected chi connectivity index (χ3v) is 4.99. The lowest BCUT2D eigenvalue weighted by Crippen LogP contribution is -2.40. The molecule has 2 amide bonds. The number of anilines is 2. The summed E-state index contributed by atoms with van der Waals surface area (Å²) in [5.41, 5.74) is 2.36. The molecule has 4 nitrogen and oxygen atoms in total. The van der Waals surface area contributed by atoms with Gasteiger partial charge in [0.15, 0.2) is 0 Å². The van der Waals surface area contributed by atoms with Gasteiger partial charge in [-0.3, -0.25) is 9.59 Å². The van der Waals surface area contributed by atoms with E-state index < -0.39 is 11.7 Å². The van der Waals surface area contributed by atoms with E-state index in [1.165, 1.54) is 11.0 Å². The van der Waals surface area contributed by atoms with Gasteiger partial charge in [0.1, 0.15) is 5.82 Å². The third kappa shape index (κ3) is 2.80. The minimum Gasteiger partial charge on any atom is -0.312 e. The molecule has 0 aromatic heterocycles. The first-order valence-electron chi connectivity index (χ1n) is 8.59. The molecule has 2 aromatic carbocycles. The van der Waals surface area contributed by atoms with E-state index in [1.807, 2.05) is 24.3 Å². The van der Waals surface area contributed by atoms with Crippen molar-refractivity contribution in [1.29, 1.82) is 0 Å². The van der Waals surface area contributed by atoms with E-state index in [0.29, 0.717) is 6.54 Å². The molecule has 2 aliphatic heterocycles. The Morgan fingerprint density at radius 1 is 1.04 bits per heavy atom. The number of aryl methyl sites for hydroxylation is 1. The number of benzene rings is 2. The van der Waals surface area contributed by atoms with Crippen LogP contribution < -0.4 is 9.80 Å². The Labute approximate surface area is 145 Å². The number of carbonyl (C=O) groups is 2. The van der Waals surface area contributed by atoms with E-state index in [0.717, 1.165) is 24.1 Å². The molecule has 0 saturated carbocycles. The van der Waals surface area contributed by atoms with Crippen LogP contribution in [-0.4, -0.2) is 24.9 Å². The van der Waals surface area contributed by atoms with E-state index in [2.05, 4.69) is 0 Å². The van der Waals surface area contributed by atoms with Gasteiger partial charge in [-0.1, -0.05) is 30.3 Å². The van der Waals surface area contributed by atoms with Crippen LogP contribution in [0.2, 0.25) is 0 Å². The highest BCUT2D eigenvalue weighted by Crippen LogP contribution is 2.32. The number of para-hydroxylation sites is 2. The molecular formula is C20H19FN2O2. The topological polar surface area (TPSA) is 40.6 Å². The average molecular weight is 338 g/mol. The van der Waals surface area contributed by atoms with Crippen molar-refractivity contribution < 1.29 is 14.0 Å². The van der Waals surface area contributed by atoms with Gasteiger partial charge >= 0.3 is 0 Å². The molecule has 0 unspecified atom stereocenters. The van der Waals surface area contributed by atoms with Crippen LogP contribution >= 0.6 is 0 Å². The first-order valence-corrected chi connectivity index (χ1v) is 8.59. The quantitative estimate of drug-likeness (QED) is 0.844. The van der Waals surface area contributed by atoms with Crippen LogP contribution in [0.1, 0.15) is 18.4 Å². The molecule has 0 bridgehead atoms. The summed E-state index contributed by atoms with van der Waals surface area (Å²) < 4.78 is 14.0. The van der Waals surface area contributed by atoms with Crippen molar-refractivity contribution >= 4 is 23.2 Å². The van der Waals surface area contributed by atoms with E-state index in [4.69, 9.17) is 0 Å². The van der Waals surface area contributed by atoms with E-state index in [-0.39, 0.29) is 30.5 Å². The molecule has 2 aliphatic rings. The van der Waals surface area contributed by atoms with Gasteiger partial charge < -0.3 is 9.80 Å². The molecule has 2 aromatic rings. The van der Waals surface area contributed by atoms with E-state index >= 15 is 0 Å². The number of nitrogens with zero attached hydrogens (tertiary/aromatic N) is 2. The third-order valence-electron chi connectivity index (χ3n) is 4.99. The molecule has 25 heavy (non-hydrogen) atoms. The standard InChI is InChI=1S/C20H19FN2O2/c21-16-8-2-4-10-18(16)23-13-15(12-19(23)24)20(25)22-11-5-7-14-6-1-3-9-17(14)22/h1-4,6,8-10,15H,5,7,11-13H2/t15-/m0/s1. The number of fused-ring (bicyclic) bond motifs is 1. The number of amides is 2. The zero-order valence-corrected chi connectivity index (χ0v) is 13.8. The Balaban J connectivity index is 1.57. The van der Waals surface area contributed by atoms with E-state index in [1.54, 1.807) is 23.1 Å². The van der Waals surface area contributed by atoms with Gasteiger partial charge in [-0.05, 0) is 36.6 Å². The summed E-state index contributed by atoms with van der Waals surface area (Å²) in [6, 6.07) is 14.1. The Morgan fingerprint density at radius 2 is 1.76 bits per heavy atom. The van der Waals surface area contributed by atoms with Crippen molar-refractivity contribution in [2.75, 3.05) is 22.9 Å². The molecule has 1 atom stereocenters. The molecule has 128 valence electrons. The molecule has 1 saturated heterocycles. The summed E-state index contributed by atoms with van der Waals surface area (Å²) in [5, 5.41) is 0. The molecule has 0 radical (unpaired) electrons. The summed E-state index contributed by atoms with van der Waals surface area (Å²) in [4.78, 5) is 28.6. The van der Waals surface area contributed by atoms with Crippen LogP contribution in [0.4, 0.5) is 15.8 Å². The van der Waals surface area contributed by atoms with Crippen LogP contribution in [-0.2, 0) is 16.0 Å². The van der Waals surface area contributed by atoms with Crippen LogP contribution in [0.5, 0.6) is 0 Å². The fraction of sp³-hybridized carbons (Fsp3) is 0.300. The number of carbonyl (C=O) groups excluding carboxylic acids is 2. The Bertz CT molecular complexity index is 836. The summed E-state index contributed by atoms with van der Waals surface area (Å²) in [6.45, 7) is 0.900. The maximum atomic E-state index is 14.0. The van der Waals surface area contributed by atoms with Gasteiger partial charge in [0.05, 0.1) is 11.6 Å². The smallest absolute Gasteiger partial charge is 0.232 e. The van der Waals surface area contributed by atoms with Crippen molar-refractivity contribution in [3.8, 4) is 0 Å².